The van der Waals surface area contributed by atoms with E-state index in [4.69, 9.17) is 5.73 Å². The Morgan fingerprint density at radius 1 is 1.47 bits per heavy atom. The van der Waals surface area contributed by atoms with E-state index in [9.17, 15) is 4.79 Å². The Bertz CT molecular complexity index is 399. The summed E-state index contributed by atoms with van der Waals surface area (Å²) in [4.78, 5) is 14.9. The van der Waals surface area contributed by atoms with Gasteiger partial charge in [0.15, 0.2) is 0 Å². The van der Waals surface area contributed by atoms with Crippen molar-refractivity contribution in [1.82, 2.24) is 10.3 Å². The molecule has 4 nitrogen and oxygen atoms in total. The molecule has 4 N–H and O–H groups in total. The van der Waals surface area contributed by atoms with E-state index < -0.39 is 0 Å². The molecule has 0 bridgehead atoms. The summed E-state index contributed by atoms with van der Waals surface area (Å²) < 4.78 is 0. The van der Waals surface area contributed by atoms with E-state index in [0.29, 0.717) is 23.2 Å². The maximum Gasteiger partial charge on any atom is 0.267 e. The number of carbonyl (C=O) groups is 1. The number of aromatic nitrogens is 1. The second kappa shape index (κ2) is 4.82. The van der Waals surface area contributed by atoms with Gasteiger partial charge in [0.1, 0.15) is 5.69 Å². The van der Waals surface area contributed by atoms with Crippen LogP contribution in [0.1, 0.15) is 43.6 Å². The Labute approximate surface area is 102 Å². The molecule has 0 aromatic carbocycles. The van der Waals surface area contributed by atoms with Crippen molar-refractivity contribution >= 4 is 11.6 Å². The molecule has 94 valence electrons. The molecule has 0 aliphatic heterocycles. The highest BCUT2D eigenvalue weighted by atomic mass is 16.1. The zero-order valence-electron chi connectivity index (χ0n) is 10.5. The molecule has 1 aliphatic rings. The molecule has 1 heterocycles. The molecular formula is C13H21N3O. The molecule has 3 atom stereocenters. The Morgan fingerprint density at radius 3 is 2.88 bits per heavy atom. The monoisotopic (exact) mass is 235 g/mol. The van der Waals surface area contributed by atoms with E-state index in [1.54, 1.807) is 12.3 Å². The molecular weight excluding hydrogens is 214 g/mol. The van der Waals surface area contributed by atoms with Gasteiger partial charge in [0, 0.05) is 17.9 Å². The van der Waals surface area contributed by atoms with E-state index in [1.807, 2.05) is 0 Å². The number of amides is 1. The van der Waals surface area contributed by atoms with Crippen LogP contribution in [0, 0.1) is 11.8 Å². The summed E-state index contributed by atoms with van der Waals surface area (Å²) in [5, 5.41) is 3.10. The van der Waals surface area contributed by atoms with Crippen molar-refractivity contribution in [2.45, 2.75) is 39.2 Å². The molecule has 0 saturated heterocycles. The molecule has 1 amide bonds. The summed E-state index contributed by atoms with van der Waals surface area (Å²) in [7, 11) is 0. The molecule has 1 saturated carbocycles. The van der Waals surface area contributed by atoms with Crippen molar-refractivity contribution in [1.29, 1.82) is 0 Å². The van der Waals surface area contributed by atoms with Crippen LogP contribution < -0.4 is 11.1 Å². The van der Waals surface area contributed by atoms with Gasteiger partial charge in [-0.15, -0.1) is 0 Å². The summed E-state index contributed by atoms with van der Waals surface area (Å²) in [6, 6.07) is 1.96. The fraction of sp³-hybridized carbons (Fsp3) is 0.615. The highest BCUT2D eigenvalue weighted by molar-refractivity contribution is 5.93. The maximum absolute atomic E-state index is 12.0. The van der Waals surface area contributed by atoms with Gasteiger partial charge < -0.3 is 16.0 Å². The van der Waals surface area contributed by atoms with Crippen LogP contribution in [0.5, 0.6) is 0 Å². The summed E-state index contributed by atoms with van der Waals surface area (Å²) >= 11 is 0. The van der Waals surface area contributed by atoms with Gasteiger partial charge in [-0.1, -0.05) is 26.7 Å². The third-order valence-electron chi connectivity index (χ3n) is 3.97. The lowest BCUT2D eigenvalue weighted by molar-refractivity contribution is 0.0886. The van der Waals surface area contributed by atoms with Gasteiger partial charge in [-0.2, -0.15) is 0 Å². The summed E-state index contributed by atoms with van der Waals surface area (Å²) in [6.45, 7) is 4.48. The van der Waals surface area contributed by atoms with Crippen molar-refractivity contribution in [3.05, 3.63) is 18.0 Å². The first-order valence-corrected chi connectivity index (χ1v) is 6.32. The van der Waals surface area contributed by atoms with Crippen LogP contribution in [-0.2, 0) is 0 Å². The largest absolute Gasteiger partial charge is 0.397 e. The number of nitrogen functional groups attached to an aromatic ring is 1. The van der Waals surface area contributed by atoms with E-state index in [-0.39, 0.29) is 11.9 Å². The smallest absolute Gasteiger partial charge is 0.267 e. The number of hydrogen-bond acceptors (Lipinski definition) is 2. The average molecular weight is 235 g/mol. The van der Waals surface area contributed by atoms with Gasteiger partial charge in [0.2, 0.25) is 0 Å². The van der Waals surface area contributed by atoms with Gasteiger partial charge in [-0.25, -0.2) is 0 Å². The first kappa shape index (κ1) is 12.0. The van der Waals surface area contributed by atoms with Gasteiger partial charge in [-0.3, -0.25) is 4.79 Å². The topological polar surface area (TPSA) is 70.9 Å². The minimum atomic E-state index is -0.0485. The summed E-state index contributed by atoms with van der Waals surface area (Å²) in [5.41, 5.74) is 6.73. The molecule has 1 aliphatic carbocycles. The van der Waals surface area contributed by atoms with Crippen molar-refractivity contribution in [2.75, 3.05) is 5.73 Å². The lowest BCUT2D eigenvalue weighted by Gasteiger charge is -2.34. The Balaban J connectivity index is 1.98. The van der Waals surface area contributed by atoms with Crippen molar-refractivity contribution in [3.8, 4) is 0 Å². The zero-order valence-corrected chi connectivity index (χ0v) is 10.5. The van der Waals surface area contributed by atoms with Crippen molar-refractivity contribution < 1.29 is 4.79 Å². The van der Waals surface area contributed by atoms with Crippen LogP contribution in [0.2, 0.25) is 0 Å². The maximum atomic E-state index is 12.0. The number of carbonyl (C=O) groups excluding carboxylic acids is 1. The minimum Gasteiger partial charge on any atom is -0.397 e. The zero-order chi connectivity index (χ0) is 12.4. The van der Waals surface area contributed by atoms with Crippen LogP contribution in [0.25, 0.3) is 0 Å². The highest BCUT2D eigenvalue weighted by Crippen LogP contribution is 2.29. The van der Waals surface area contributed by atoms with Gasteiger partial charge in [0.05, 0.1) is 0 Å². The molecule has 1 fully saturated rings. The molecule has 1 aromatic heterocycles. The normalized spacial score (nSPS) is 28.9. The van der Waals surface area contributed by atoms with Crippen LogP contribution >= 0.6 is 0 Å². The van der Waals surface area contributed by atoms with Gasteiger partial charge in [-0.05, 0) is 24.3 Å². The van der Waals surface area contributed by atoms with Crippen molar-refractivity contribution in [2.24, 2.45) is 11.8 Å². The molecule has 1 aromatic rings. The first-order chi connectivity index (χ1) is 8.08. The lowest BCUT2D eigenvalue weighted by atomic mass is 9.78. The second-order valence-corrected chi connectivity index (χ2v) is 5.19. The molecule has 0 spiro atoms. The predicted octanol–water partition coefficient (Wildman–Crippen LogP) is 2.15. The second-order valence-electron chi connectivity index (χ2n) is 5.19. The quantitative estimate of drug-likeness (QED) is 0.735. The summed E-state index contributed by atoms with van der Waals surface area (Å²) in [5.74, 6) is 1.18. The number of nitrogens with two attached hydrogens (primary N) is 1. The fourth-order valence-corrected chi connectivity index (χ4v) is 2.57. The van der Waals surface area contributed by atoms with Gasteiger partial charge in [0.25, 0.3) is 5.91 Å². The third kappa shape index (κ3) is 2.62. The summed E-state index contributed by atoms with van der Waals surface area (Å²) in [6.07, 6.45) is 5.18. The average Bonchev–Trinajstić information content (AvgIpc) is 2.72. The molecule has 17 heavy (non-hydrogen) atoms. The minimum absolute atomic E-state index is 0.0485. The molecule has 0 radical (unpaired) electrons. The number of nitrogens with one attached hydrogen (secondary N) is 2. The SMILES string of the molecule is CC1CCCC(NC(=O)c2cc(N)c[nH]2)C1C. The van der Waals surface area contributed by atoms with Crippen LogP contribution in [0.15, 0.2) is 12.3 Å². The number of hydrogen-bond donors (Lipinski definition) is 3. The van der Waals surface area contributed by atoms with E-state index in [1.165, 1.54) is 12.8 Å². The van der Waals surface area contributed by atoms with E-state index in [0.717, 1.165) is 6.42 Å². The van der Waals surface area contributed by atoms with Crippen LogP contribution in [0.3, 0.4) is 0 Å². The molecule has 2 rings (SSSR count). The molecule has 3 unspecified atom stereocenters. The number of rotatable bonds is 2. The lowest BCUT2D eigenvalue weighted by Crippen LogP contribution is -2.43. The fourth-order valence-electron chi connectivity index (χ4n) is 2.57. The third-order valence-corrected chi connectivity index (χ3v) is 3.97. The van der Waals surface area contributed by atoms with E-state index >= 15 is 0 Å². The van der Waals surface area contributed by atoms with Gasteiger partial charge >= 0.3 is 0 Å². The van der Waals surface area contributed by atoms with Crippen LogP contribution in [0.4, 0.5) is 5.69 Å². The number of H-pyrrole nitrogens is 1. The standard InChI is InChI=1S/C13H21N3O/c1-8-4-3-5-11(9(8)2)16-13(17)12-6-10(14)7-15-12/h6-9,11,15H,3-5,14H2,1-2H3,(H,16,17). The number of aromatic amines is 1. The predicted molar refractivity (Wildman–Crippen MR) is 68.6 cm³/mol. The Morgan fingerprint density at radius 2 is 2.24 bits per heavy atom. The molecule has 4 heteroatoms. The van der Waals surface area contributed by atoms with E-state index in [2.05, 4.69) is 24.1 Å². The number of anilines is 1. The first-order valence-electron chi connectivity index (χ1n) is 6.32. The van der Waals surface area contributed by atoms with Crippen LogP contribution in [-0.4, -0.2) is 16.9 Å². The Kier molecular flexibility index (Phi) is 3.41. The Hall–Kier alpha value is -1.45. The van der Waals surface area contributed by atoms with Crippen molar-refractivity contribution in [3.63, 3.8) is 0 Å². The highest BCUT2D eigenvalue weighted by Gasteiger charge is 2.28.